The normalized spacial score (nSPS) is 11.1. The van der Waals surface area contributed by atoms with Gasteiger partial charge in [-0.3, -0.25) is 4.99 Å². The van der Waals surface area contributed by atoms with Crippen LogP contribution in [0.5, 0.6) is 17.4 Å². The third kappa shape index (κ3) is 7.15. The van der Waals surface area contributed by atoms with Crippen LogP contribution in [0.25, 0.3) is 0 Å². The van der Waals surface area contributed by atoms with Crippen LogP contribution in [-0.2, 0) is 11.3 Å². The summed E-state index contributed by atoms with van der Waals surface area (Å²) in [4.78, 5) is 8.57. The number of benzene rings is 1. The van der Waals surface area contributed by atoms with Crippen LogP contribution in [-0.4, -0.2) is 44.9 Å². The molecule has 0 fully saturated rings. The number of guanidine groups is 1. The van der Waals surface area contributed by atoms with Crippen LogP contribution in [0.3, 0.4) is 0 Å². The number of aromatic nitrogens is 1. The number of rotatable bonds is 10. The molecule has 27 heavy (non-hydrogen) atoms. The Morgan fingerprint density at radius 3 is 2.59 bits per heavy atom. The number of hydrogen-bond donors (Lipinski definition) is 2. The van der Waals surface area contributed by atoms with E-state index >= 15 is 0 Å². The van der Waals surface area contributed by atoms with Gasteiger partial charge in [-0.1, -0.05) is 18.2 Å². The van der Waals surface area contributed by atoms with Gasteiger partial charge in [0.1, 0.15) is 0 Å². The first-order chi connectivity index (χ1) is 13.3. The van der Waals surface area contributed by atoms with Crippen LogP contribution in [0, 0.1) is 0 Å². The van der Waals surface area contributed by atoms with Crippen molar-refractivity contribution >= 4 is 5.96 Å². The van der Waals surface area contributed by atoms with E-state index in [1.54, 1.807) is 20.4 Å². The van der Waals surface area contributed by atoms with Gasteiger partial charge in [0.25, 0.3) is 0 Å². The molecule has 1 heterocycles. The molecule has 2 N–H and O–H groups in total. The molecular weight excluding hydrogens is 344 g/mol. The number of nitrogens with one attached hydrogen (secondary N) is 2. The molecule has 0 saturated heterocycles. The summed E-state index contributed by atoms with van der Waals surface area (Å²) >= 11 is 0. The van der Waals surface area contributed by atoms with Gasteiger partial charge in [-0.05, 0) is 31.0 Å². The van der Waals surface area contributed by atoms with E-state index in [0.29, 0.717) is 30.5 Å². The van der Waals surface area contributed by atoms with Gasteiger partial charge in [0.05, 0.1) is 6.61 Å². The SMILES string of the molecule is CCOc1ccccc1Oc1ccc(CNC(=NC)NCCCOC)cn1. The summed E-state index contributed by atoms with van der Waals surface area (Å²) in [6, 6.07) is 11.4. The minimum Gasteiger partial charge on any atom is -0.490 e. The number of nitrogens with zero attached hydrogens (tertiary/aromatic N) is 2. The van der Waals surface area contributed by atoms with Crippen molar-refractivity contribution in [1.82, 2.24) is 15.6 Å². The smallest absolute Gasteiger partial charge is 0.219 e. The highest BCUT2D eigenvalue weighted by Crippen LogP contribution is 2.30. The predicted octanol–water partition coefficient (Wildman–Crippen LogP) is 2.97. The van der Waals surface area contributed by atoms with Gasteiger partial charge in [0.15, 0.2) is 17.5 Å². The molecule has 2 aromatic rings. The van der Waals surface area contributed by atoms with Crippen molar-refractivity contribution in [3.8, 4) is 17.4 Å². The van der Waals surface area contributed by atoms with Crippen LogP contribution < -0.4 is 20.1 Å². The van der Waals surface area contributed by atoms with Crippen molar-refractivity contribution in [3.63, 3.8) is 0 Å². The lowest BCUT2D eigenvalue weighted by Gasteiger charge is -2.12. The van der Waals surface area contributed by atoms with Gasteiger partial charge in [-0.2, -0.15) is 0 Å². The maximum absolute atomic E-state index is 5.84. The third-order valence-electron chi connectivity index (χ3n) is 3.66. The summed E-state index contributed by atoms with van der Waals surface area (Å²) in [6.45, 7) is 4.67. The number of para-hydroxylation sites is 2. The van der Waals surface area contributed by atoms with Crippen molar-refractivity contribution < 1.29 is 14.2 Å². The summed E-state index contributed by atoms with van der Waals surface area (Å²) in [6.07, 6.45) is 2.71. The molecule has 1 aromatic heterocycles. The monoisotopic (exact) mass is 372 g/mol. The molecule has 1 aromatic carbocycles. The summed E-state index contributed by atoms with van der Waals surface area (Å²) in [5.74, 6) is 2.62. The Hall–Kier alpha value is -2.80. The van der Waals surface area contributed by atoms with Crippen molar-refractivity contribution in [3.05, 3.63) is 48.2 Å². The summed E-state index contributed by atoms with van der Waals surface area (Å²) in [5, 5.41) is 6.49. The maximum atomic E-state index is 5.84. The van der Waals surface area contributed by atoms with Crippen molar-refractivity contribution in [2.75, 3.05) is 33.9 Å². The fourth-order valence-electron chi connectivity index (χ4n) is 2.33. The molecule has 146 valence electrons. The Morgan fingerprint density at radius 1 is 1.11 bits per heavy atom. The summed E-state index contributed by atoms with van der Waals surface area (Å²) in [7, 11) is 3.44. The van der Waals surface area contributed by atoms with Crippen LogP contribution in [0.1, 0.15) is 18.9 Å². The standard InChI is InChI=1S/C20H28N4O3/c1-4-26-17-8-5-6-9-18(17)27-19-11-10-16(14-23-19)15-24-20(21-2)22-12-7-13-25-3/h5-6,8-11,14H,4,7,12-13,15H2,1-3H3,(H2,21,22,24). The minimum absolute atomic E-state index is 0.521. The average Bonchev–Trinajstić information content (AvgIpc) is 2.70. The second-order valence-electron chi connectivity index (χ2n) is 5.69. The molecule has 0 unspecified atom stereocenters. The van der Waals surface area contributed by atoms with E-state index in [4.69, 9.17) is 14.2 Å². The molecule has 0 aliphatic rings. The van der Waals surface area contributed by atoms with Crippen LogP contribution in [0.4, 0.5) is 0 Å². The van der Waals surface area contributed by atoms with Crippen LogP contribution >= 0.6 is 0 Å². The largest absolute Gasteiger partial charge is 0.490 e. The number of pyridine rings is 1. The first-order valence-electron chi connectivity index (χ1n) is 9.05. The summed E-state index contributed by atoms with van der Waals surface area (Å²) < 4.78 is 16.4. The molecule has 7 heteroatoms. The Morgan fingerprint density at radius 2 is 1.93 bits per heavy atom. The van der Waals surface area contributed by atoms with E-state index < -0.39 is 0 Å². The lowest BCUT2D eigenvalue weighted by molar-refractivity contribution is 0.195. The number of ether oxygens (including phenoxy) is 3. The van der Waals surface area contributed by atoms with Crippen LogP contribution in [0.2, 0.25) is 0 Å². The lowest BCUT2D eigenvalue weighted by Crippen LogP contribution is -2.37. The van der Waals surface area contributed by atoms with E-state index in [1.807, 2.05) is 43.3 Å². The third-order valence-corrected chi connectivity index (χ3v) is 3.66. The Labute approximate surface area is 160 Å². The quantitative estimate of drug-likeness (QED) is 0.379. The predicted molar refractivity (Wildman–Crippen MR) is 107 cm³/mol. The topological polar surface area (TPSA) is 77.0 Å². The van der Waals surface area contributed by atoms with E-state index in [9.17, 15) is 0 Å². The van der Waals surface area contributed by atoms with Gasteiger partial charge in [-0.25, -0.2) is 4.98 Å². The molecule has 0 bridgehead atoms. The number of aliphatic imine (C=N–C) groups is 1. The Kier molecular flexibility index (Phi) is 8.92. The molecule has 0 radical (unpaired) electrons. The van der Waals surface area contributed by atoms with Crippen molar-refractivity contribution in [2.24, 2.45) is 4.99 Å². The highest BCUT2D eigenvalue weighted by Gasteiger charge is 2.06. The molecule has 0 aliphatic carbocycles. The van der Waals surface area contributed by atoms with E-state index in [0.717, 1.165) is 31.1 Å². The van der Waals surface area contributed by atoms with Crippen molar-refractivity contribution in [2.45, 2.75) is 19.9 Å². The second-order valence-corrected chi connectivity index (χ2v) is 5.69. The molecular formula is C20H28N4O3. The fourth-order valence-corrected chi connectivity index (χ4v) is 2.33. The Balaban J connectivity index is 1.86. The Bertz CT molecular complexity index is 705. The van der Waals surface area contributed by atoms with Gasteiger partial charge in [-0.15, -0.1) is 0 Å². The second kappa shape index (κ2) is 11.7. The minimum atomic E-state index is 0.521. The van der Waals surface area contributed by atoms with Gasteiger partial charge in [0.2, 0.25) is 5.88 Å². The maximum Gasteiger partial charge on any atom is 0.219 e. The first-order valence-corrected chi connectivity index (χ1v) is 9.05. The fraction of sp³-hybridized carbons (Fsp3) is 0.400. The van der Waals surface area contributed by atoms with E-state index in [2.05, 4.69) is 20.6 Å². The van der Waals surface area contributed by atoms with Crippen LogP contribution in [0.15, 0.2) is 47.6 Å². The van der Waals surface area contributed by atoms with Gasteiger partial charge >= 0.3 is 0 Å². The molecule has 7 nitrogen and oxygen atoms in total. The molecule has 2 rings (SSSR count). The molecule has 0 atom stereocenters. The lowest BCUT2D eigenvalue weighted by atomic mass is 10.3. The number of methoxy groups -OCH3 is 1. The van der Waals surface area contributed by atoms with E-state index in [1.165, 1.54) is 0 Å². The summed E-state index contributed by atoms with van der Waals surface area (Å²) in [5.41, 5.74) is 1.03. The first kappa shape index (κ1) is 20.5. The number of hydrogen-bond acceptors (Lipinski definition) is 5. The zero-order valence-corrected chi connectivity index (χ0v) is 16.2. The molecule has 0 saturated carbocycles. The zero-order chi connectivity index (χ0) is 19.3. The molecule has 0 aliphatic heterocycles. The highest BCUT2D eigenvalue weighted by molar-refractivity contribution is 5.79. The van der Waals surface area contributed by atoms with Crippen molar-refractivity contribution in [1.29, 1.82) is 0 Å². The average molecular weight is 372 g/mol. The molecule has 0 amide bonds. The van der Waals surface area contributed by atoms with Gasteiger partial charge < -0.3 is 24.8 Å². The van der Waals surface area contributed by atoms with Gasteiger partial charge in [0, 0.05) is 46.1 Å². The highest BCUT2D eigenvalue weighted by atomic mass is 16.5. The molecule has 0 spiro atoms. The van der Waals surface area contributed by atoms with E-state index in [-0.39, 0.29) is 0 Å². The zero-order valence-electron chi connectivity index (χ0n) is 16.2.